The zero-order chi connectivity index (χ0) is 9.15. The lowest BCUT2D eigenvalue weighted by Gasteiger charge is -2.36. The van der Waals surface area contributed by atoms with Crippen molar-refractivity contribution < 1.29 is 0 Å². The van der Waals surface area contributed by atoms with Crippen molar-refractivity contribution in [1.82, 2.24) is 0 Å². The molecule has 13 heavy (non-hydrogen) atoms. The van der Waals surface area contributed by atoms with Gasteiger partial charge in [0, 0.05) is 17.7 Å². The molecule has 74 valence electrons. The van der Waals surface area contributed by atoms with Crippen molar-refractivity contribution in [3.63, 3.8) is 0 Å². The van der Waals surface area contributed by atoms with E-state index in [4.69, 9.17) is 4.99 Å². The molecule has 1 fully saturated rings. The molecule has 0 bridgehead atoms. The SMILES string of the molecule is CC1=NCCCCC12CCCCC2. The lowest BCUT2D eigenvalue weighted by atomic mass is 9.68. The first kappa shape index (κ1) is 9.23. The van der Waals surface area contributed by atoms with Crippen LogP contribution < -0.4 is 0 Å². The van der Waals surface area contributed by atoms with Crippen LogP contribution in [0.25, 0.3) is 0 Å². The summed E-state index contributed by atoms with van der Waals surface area (Å²) in [5.41, 5.74) is 2.03. The van der Waals surface area contributed by atoms with Gasteiger partial charge in [0.1, 0.15) is 0 Å². The molecule has 0 aromatic heterocycles. The molecule has 1 aliphatic heterocycles. The lowest BCUT2D eigenvalue weighted by molar-refractivity contribution is 0.261. The molecule has 0 N–H and O–H groups in total. The number of hydrogen-bond acceptors (Lipinski definition) is 1. The Bertz CT molecular complexity index is 199. The molecule has 1 spiro atoms. The summed E-state index contributed by atoms with van der Waals surface area (Å²) in [5.74, 6) is 0. The van der Waals surface area contributed by atoms with Gasteiger partial charge < -0.3 is 0 Å². The number of aliphatic imine (C=N–C) groups is 1. The van der Waals surface area contributed by atoms with Gasteiger partial charge in [0.25, 0.3) is 0 Å². The van der Waals surface area contributed by atoms with Crippen LogP contribution >= 0.6 is 0 Å². The summed E-state index contributed by atoms with van der Waals surface area (Å²) < 4.78 is 0. The molecule has 0 aromatic rings. The topological polar surface area (TPSA) is 12.4 Å². The second-order valence-electron chi connectivity index (χ2n) is 4.77. The molecule has 0 saturated heterocycles. The highest BCUT2D eigenvalue weighted by Gasteiger charge is 2.34. The minimum Gasteiger partial charge on any atom is -0.294 e. The smallest absolute Gasteiger partial charge is 0.0388 e. The van der Waals surface area contributed by atoms with Crippen molar-refractivity contribution in [3.05, 3.63) is 0 Å². The monoisotopic (exact) mass is 179 g/mol. The Morgan fingerprint density at radius 1 is 0.923 bits per heavy atom. The van der Waals surface area contributed by atoms with Crippen LogP contribution in [-0.4, -0.2) is 12.3 Å². The quantitative estimate of drug-likeness (QED) is 0.539. The van der Waals surface area contributed by atoms with Crippen LogP contribution in [0.3, 0.4) is 0 Å². The minimum absolute atomic E-state index is 0.550. The maximum Gasteiger partial charge on any atom is 0.0388 e. The van der Waals surface area contributed by atoms with E-state index >= 15 is 0 Å². The Morgan fingerprint density at radius 2 is 1.54 bits per heavy atom. The average molecular weight is 179 g/mol. The molecule has 1 aliphatic carbocycles. The van der Waals surface area contributed by atoms with E-state index in [1.165, 1.54) is 57.1 Å². The van der Waals surface area contributed by atoms with Crippen LogP contribution in [0.5, 0.6) is 0 Å². The summed E-state index contributed by atoms with van der Waals surface area (Å²) in [6.07, 6.45) is 11.3. The standard InChI is InChI=1S/C12H21N/c1-11-12(7-3-2-4-8-12)9-5-6-10-13-11/h2-10H2,1H3. The fourth-order valence-corrected chi connectivity index (χ4v) is 3.01. The van der Waals surface area contributed by atoms with Gasteiger partial charge in [-0.25, -0.2) is 0 Å². The van der Waals surface area contributed by atoms with E-state index < -0.39 is 0 Å². The highest BCUT2D eigenvalue weighted by molar-refractivity contribution is 5.88. The fourth-order valence-electron chi connectivity index (χ4n) is 3.01. The van der Waals surface area contributed by atoms with Crippen LogP contribution in [0.15, 0.2) is 4.99 Å². The number of nitrogens with zero attached hydrogens (tertiary/aromatic N) is 1. The molecule has 1 heteroatoms. The predicted molar refractivity (Wildman–Crippen MR) is 57.3 cm³/mol. The third-order valence-corrected chi connectivity index (χ3v) is 3.99. The highest BCUT2D eigenvalue weighted by Crippen LogP contribution is 2.42. The second kappa shape index (κ2) is 3.81. The molecule has 1 heterocycles. The van der Waals surface area contributed by atoms with Gasteiger partial charge in [-0.1, -0.05) is 25.7 Å². The predicted octanol–water partition coefficient (Wildman–Crippen LogP) is 3.58. The zero-order valence-corrected chi connectivity index (χ0v) is 8.81. The summed E-state index contributed by atoms with van der Waals surface area (Å²) in [7, 11) is 0. The third kappa shape index (κ3) is 1.79. The largest absolute Gasteiger partial charge is 0.294 e. The average Bonchev–Trinajstić information content (AvgIpc) is 2.33. The van der Waals surface area contributed by atoms with Gasteiger partial charge in [0.2, 0.25) is 0 Å². The Kier molecular flexibility index (Phi) is 2.71. The number of hydrogen-bond donors (Lipinski definition) is 0. The summed E-state index contributed by atoms with van der Waals surface area (Å²) in [5, 5.41) is 0. The van der Waals surface area contributed by atoms with Gasteiger partial charge in [0.15, 0.2) is 0 Å². The Morgan fingerprint density at radius 3 is 2.23 bits per heavy atom. The fraction of sp³-hybridized carbons (Fsp3) is 0.917. The van der Waals surface area contributed by atoms with E-state index in [0.717, 1.165) is 6.54 Å². The molecule has 0 amide bonds. The maximum atomic E-state index is 4.72. The summed E-state index contributed by atoms with van der Waals surface area (Å²) in [4.78, 5) is 4.72. The second-order valence-corrected chi connectivity index (χ2v) is 4.77. The van der Waals surface area contributed by atoms with Gasteiger partial charge >= 0.3 is 0 Å². The molecule has 1 saturated carbocycles. The molecular weight excluding hydrogens is 158 g/mol. The van der Waals surface area contributed by atoms with Gasteiger partial charge in [-0.3, -0.25) is 4.99 Å². The van der Waals surface area contributed by atoms with Crippen LogP contribution in [0.2, 0.25) is 0 Å². The van der Waals surface area contributed by atoms with E-state index in [-0.39, 0.29) is 0 Å². The van der Waals surface area contributed by atoms with Crippen LogP contribution in [-0.2, 0) is 0 Å². The third-order valence-electron chi connectivity index (χ3n) is 3.99. The summed E-state index contributed by atoms with van der Waals surface area (Å²) in [6.45, 7) is 3.37. The van der Waals surface area contributed by atoms with Crippen molar-refractivity contribution in [2.45, 2.75) is 58.3 Å². The summed E-state index contributed by atoms with van der Waals surface area (Å²) in [6, 6.07) is 0. The normalized spacial score (nSPS) is 28.2. The Balaban J connectivity index is 2.15. The van der Waals surface area contributed by atoms with Crippen LogP contribution in [0.1, 0.15) is 58.3 Å². The maximum absolute atomic E-state index is 4.72. The Hall–Kier alpha value is -0.330. The molecule has 1 nitrogen and oxygen atoms in total. The first-order valence-electron chi connectivity index (χ1n) is 5.85. The first-order valence-corrected chi connectivity index (χ1v) is 5.85. The van der Waals surface area contributed by atoms with Crippen molar-refractivity contribution in [3.8, 4) is 0 Å². The molecule has 0 atom stereocenters. The highest BCUT2D eigenvalue weighted by atomic mass is 14.8. The minimum atomic E-state index is 0.550. The van der Waals surface area contributed by atoms with E-state index in [0.29, 0.717) is 5.41 Å². The lowest BCUT2D eigenvalue weighted by Crippen LogP contribution is -2.31. The van der Waals surface area contributed by atoms with E-state index in [1.807, 2.05) is 0 Å². The zero-order valence-electron chi connectivity index (χ0n) is 8.81. The van der Waals surface area contributed by atoms with Gasteiger partial charge in [-0.15, -0.1) is 0 Å². The molecule has 2 rings (SSSR count). The van der Waals surface area contributed by atoms with E-state index in [9.17, 15) is 0 Å². The van der Waals surface area contributed by atoms with Gasteiger partial charge in [-0.2, -0.15) is 0 Å². The molecular formula is C12H21N. The Labute approximate surface area is 81.6 Å². The van der Waals surface area contributed by atoms with Crippen LogP contribution in [0.4, 0.5) is 0 Å². The van der Waals surface area contributed by atoms with Crippen molar-refractivity contribution in [2.24, 2.45) is 10.4 Å². The van der Waals surface area contributed by atoms with Crippen molar-refractivity contribution in [1.29, 1.82) is 0 Å². The molecule has 0 unspecified atom stereocenters. The van der Waals surface area contributed by atoms with E-state index in [1.54, 1.807) is 0 Å². The van der Waals surface area contributed by atoms with Crippen LogP contribution in [0, 0.1) is 5.41 Å². The molecule has 2 aliphatic rings. The summed E-state index contributed by atoms with van der Waals surface area (Å²) >= 11 is 0. The van der Waals surface area contributed by atoms with Gasteiger partial charge in [0.05, 0.1) is 0 Å². The van der Waals surface area contributed by atoms with Crippen molar-refractivity contribution in [2.75, 3.05) is 6.54 Å². The first-order chi connectivity index (χ1) is 6.33. The number of rotatable bonds is 0. The van der Waals surface area contributed by atoms with Crippen molar-refractivity contribution >= 4 is 5.71 Å². The van der Waals surface area contributed by atoms with Gasteiger partial charge in [-0.05, 0) is 32.6 Å². The molecule has 0 aromatic carbocycles. The van der Waals surface area contributed by atoms with E-state index in [2.05, 4.69) is 6.92 Å². The molecule has 0 radical (unpaired) electrons.